The van der Waals surface area contributed by atoms with Gasteiger partial charge in [-0.15, -0.1) is 0 Å². The number of hydrogen-bond donors (Lipinski definition) is 2. The number of anilines is 2. The van der Waals surface area contributed by atoms with Crippen LogP contribution in [0.25, 0.3) is 0 Å². The van der Waals surface area contributed by atoms with E-state index in [1.165, 1.54) is 0 Å². The lowest BCUT2D eigenvalue weighted by Gasteiger charge is -2.18. The molecule has 0 spiro atoms. The van der Waals surface area contributed by atoms with Crippen molar-refractivity contribution in [2.45, 2.75) is 6.04 Å². The number of hydrogen-bond acceptors (Lipinski definition) is 5. The molecule has 1 rings (SSSR count). The number of methoxy groups -OCH3 is 2. The summed E-state index contributed by atoms with van der Waals surface area (Å²) in [4.78, 5) is 4.10. The van der Waals surface area contributed by atoms with Gasteiger partial charge in [-0.25, -0.2) is 4.98 Å². The first kappa shape index (κ1) is 13.0. The van der Waals surface area contributed by atoms with Crippen LogP contribution in [0, 0.1) is 0 Å². The summed E-state index contributed by atoms with van der Waals surface area (Å²) in [6, 6.07) is 3.33. The fourth-order valence-electron chi connectivity index (χ4n) is 1.29. The van der Waals surface area contributed by atoms with Crippen molar-refractivity contribution < 1.29 is 9.47 Å². The first-order valence-corrected chi connectivity index (χ1v) is 5.21. The third-order valence-electron chi connectivity index (χ3n) is 1.97. The molecule has 0 bridgehead atoms. The second kappa shape index (κ2) is 6.52. The van der Waals surface area contributed by atoms with Crippen LogP contribution in [0.5, 0.6) is 0 Å². The van der Waals surface area contributed by atoms with Crippen molar-refractivity contribution in [2.75, 3.05) is 38.5 Å². The van der Waals surface area contributed by atoms with Gasteiger partial charge in [-0.1, -0.05) is 11.6 Å². The second-order valence-electron chi connectivity index (χ2n) is 3.32. The van der Waals surface area contributed by atoms with Gasteiger partial charge in [0.1, 0.15) is 5.15 Å². The zero-order valence-corrected chi connectivity index (χ0v) is 10.1. The van der Waals surface area contributed by atoms with Crippen molar-refractivity contribution >= 4 is 23.1 Å². The second-order valence-corrected chi connectivity index (χ2v) is 3.71. The van der Waals surface area contributed by atoms with Gasteiger partial charge in [0.25, 0.3) is 0 Å². The fraction of sp³-hybridized carbons (Fsp3) is 0.500. The van der Waals surface area contributed by atoms with Gasteiger partial charge in [-0.2, -0.15) is 0 Å². The van der Waals surface area contributed by atoms with Crippen LogP contribution in [0.2, 0.25) is 5.15 Å². The van der Waals surface area contributed by atoms with E-state index in [4.69, 9.17) is 26.8 Å². The van der Waals surface area contributed by atoms with Gasteiger partial charge >= 0.3 is 0 Å². The predicted octanol–water partition coefficient (Wildman–Crippen LogP) is 1.39. The molecule has 0 amide bonds. The Hall–Kier alpha value is -1.04. The number of aromatic nitrogens is 1. The first-order valence-electron chi connectivity index (χ1n) is 4.83. The summed E-state index contributed by atoms with van der Waals surface area (Å²) in [6.07, 6.45) is 0. The highest BCUT2D eigenvalue weighted by Crippen LogP contribution is 2.19. The van der Waals surface area contributed by atoms with E-state index < -0.39 is 0 Å². The summed E-state index contributed by atoms with van der Waals surface area (Å²) in [7, 11) is 3.25. The lowest BCUT2D eigenvalue weighted by Crippen LogP contribution is -2.30. The molecule has 90 valence electrons. The van der Waals surface area contributed by atoms with E-state index in [1.54, 1.807) is 26.4 Å². The van der Waals surface area contributed by atoms with Gasteiger partial charge in [-0.3, -0.25) is 0 Å². The molecule has 6 heteroatoms. The van der Waals surface area contributed by atoms with Crippen molar-refractivity contribution in [3.63, 3.8) is 0 Å². The number of nitrogens with zero attached hydrogens (tertiary/aromatic N) is 1. The minimum absolute atomic E-state index is 0.0109. The van der Waals surface area contributed by atoms with Gasteiger partial charge in [0.15, 0.2) is 5.82 Å². The number of rotatable bonds is 6. The van der Waals surface area contributed by atoms with Gasteiger partial charge < -0.3 is 20.5 Å². The highest BCUT2D eigenvalue weighted by Gasteiger charge is 2.11. The van der Waals surface area contributed by atoms with E-state index in [0.29, 0.717) is 29.9 Å². The maximum absolute atomic E-state index is 5.79. The summed E-state index contributed by atoms with van der Waals surface area (Å²) in [5.74, 6) is 0.548. The summed E-state index contributed by atoms with van der Waals surface area (Å²) >= 11 is 5.79. The molecule has 0 fully saturated rings. The van der Waals surface area contributed by atoms with E-state index in [9.17, 15) is 0 Å². The van der Waals surface area contributed by atoms with Crippen LogP contribution >= 0.6 is 11.6 Å². The van der Waals surface area contributed by atoms with E-state index in [0.717, 1.165) is 0 Å². The third-order valence-corrected chi connectivity index (χ3v) is 2.18. The molecule has 1 aromatic heterocycles. The predicted molar refractivity (Wildman–Crippen MR) is 64.8 cm³/mol. The van der Waals surface area contributed by atoms with E-state index >= 15 is 0 Å². The summed E-state index contributed by atoms with van der Waals surface area (Å²) in [6.45, 7) is 1.00. The van der Waals surface area contributed by atoms with E-state index in [-0.39, 0.29) is 6.04 Å². The lowest BCUT2D eigenvalue weighted by molar-refractivity contribution is 0.126. The Morgan fingerprint density at radius 1 is 1.38 bits per heavy atom. The third kappa shape index (κ3) is 3.84. The summed E-state index contributed by atoms with van der Waals surface area (Å²) in [5, 5.41) is 3.51. The molecular weight excluding hydrogens is 230 g/mol. The normalized spacial score (nSPS) is 10.8. The molecule has 0 radical (unpaired) electrons. The molecule has 1 heterocycles. The molecule has 1 aromatic rings. The van der Waals surface area contributed by atoms with Crippen LogP contribution in [0.1, 0.15) is 0 Å². The number of nitrogens with two attached hydrogens (primary N) is 1. The zero-order chi connectivity index (χ0) is 12.0. The van der Waals surface area contributed by atoms with Crippen LogP contribution in [-0.2, 0) is 9.47 Å². The zero-order valence-electron chi connectivity index (χ0n) is 9.37. The molecular formula is C10H16ClN3O2. The number of halogens is 1. The maximum Gasteiger partial charge on any atom is 0.151 e. The fourth-order valence-corrected chi connectivity index (χ4v) is 1.44. The Morgan fingerprint density at radius 2 is 2.00 bits per heavy atom. The Balaban J connectivity index is 2.71. The smallest absolute Gasteiger partial charge is 0.151 e. The van der Waals surface area contributed by atoms with Crippen LogP contribution in [0.4, 0.5) is 11.5 Å². The molecule has 0 aliphatic carbocycles. The van der Waals surface area contributed by atoms with Gasteiger partial charge in [0.2, 0.25) is 0 Å². The van der Waals surface area contributed by atoms with Gasteiger partial charge in [0.05, 0.1) is 24.9 Å². The maximum atomic E-state index is 5.79. The first-order chi connectivity index (χ1) is 7.67. The van der Waals surface area contributed by atoms with Gasteiger partial charge in [-0.05, 0) is 12.1 Å². The average Bonchev–Trinajstić information content (AvgIpc) is 2.24. The summed E-state index contributed by atoms with van der Waals surface area (Å²) in [5.41, 5.74) is 6.31. The molecule has 0 atom stereocenters. The molecule has 3 N–H and O–H groups in total. The van der Waals surface area contributed by atoms with Crippen LogP contribution in [0.3, 0.4) is 0 Å². The largest absolute Gasteiger partial charge is 0.396 e. The number of pyridine rings is 1. The Morgan fingerprint density at radius 3 is 2.56 bits per heavy atom. The van der Waals surface area contributed by atoms with Crippen molar-refractivity contribution in [2.24, 2.45) is 0 Å². The standard InChI is InChI=1S/C10H16ClN3O2/c1-15-5-7(6-16-2)13-10-8(12)3-4-9(11)14-10/h3-4,7H,5-6,12H2,1-2H3,(H,13,14). The average molecular weight is 246 g/mol. The molecule has 0 saturated heterocycles. The quantitative estimate of drug-likeness (QED) is 0.742. The Bertz CT molecular complexity index is 330. The number of nitrogen functional groups attached to an aromatic ring is 1. The Labute approximate surface area is 99.9 Å². The molecule has 0 aromatic carbocycles. The van der Waals surface area contributed by atoms with Crippen molar-refractivity contribution in [1.29, 1.82) is 0 Å². The van der Waals surface area contributed by atoms with Crippen molar-refractivity contribution in [3.8, 4) is 0 Å². The molecule has 5 nitrogen and oxygen atoms in total. The SMILES string of the molecule is COCC(COC)Nc1nc(Cl)ccc1N. The highest BCUT2D eigenvalue weighted by atomic mass is 35.5. The van der Waals surface area contributed by atoms with E-state index in [2.05, 4.69) is 10.3 Å². The topological polar surface area (TPSA) is 69.4 Å². The number of ether oxygens (including phenoxy) is 2. The molecule has 0 saturated carbocycles. The molecule has 0 aliphatic heterocycles. The van der Waals surface area contributed by atoms with Crippen LogP contribution in [0.15, 0.2) is 12.1 Å². The van der Waals surface area contributed by atoms with Crippen LogP contribution < -0.4 is 11.1 Å². The van der Waals surface area contributed by atoms with Crippen molar-refractivity contribution in [3.05, 3.63) is 17.3 Å². The highest BCUT2D eigenvalue weighted by molar-refractivity contribution is 6.29. The molecule has 16 heavy (non-hydrogen) atoms. The van der Waals surface area contributed by atoms with Crippen molar-refractivity contribution in [1.82, 2.24) is 4.98 Å². The summed E-state index contributed by atoms with van der Waals surface area (Å²) < 4.78 is 10.1. The van der Waals surface area contributed by atoms with E-state index in [1.807, 2.05) is 0 Å². The number of nitrogens with one attached hydrogen (secondary N) is 1. The molecule has 0 aliphatic rings. The monoisotopic (exact) mass is 245 g/mol. The Kier molecular flexibility index (Phi) is 5.31. The molecule has 0 unspecified atom stereocenters. The minimum atomic E-state index is -0.0109. The minimum Gasteiger partial charge on any atom is -0.396 e. The van der Waals surface area contributed by atoms with Crippen LogP contribution in [-0.4, -0.2) is 38.5 Å². The lowest BCUT2D eigenvalue weighted by atomic mass is 10.3. The van der Waals surface area contributed by atoms with Gasteiger partial charge in [0, 0.05) is 14.2 Å².